The van der Waals surface area contributed by atoms with Gasteiger partial charge in [0.25, 0.3) is 5.92 Å². The molecule has 160 valence electrons. The molecule has 1 unspecified atom stereocenters. The Bertz CT molecular complexity index is 1050. The molecular formula is C22H27F2N5O. The molecule has 3 aromatic rings. The van der Waals surface area contributed by atoms with Gasteiger partial charge in [-0.25, -0.2) is 13.8 Å². The molecule has 1 atom stereocenters. The zero-order valence-corrected chi connectivity index (χ0v) is 17.5. The first-order valence-corrected chi connectivity index (χ1v) is 10.3. The second kappa shape index (κ2) is 7.91. The lowest BCUT2D eigenvalue weighted by Gasteiger charge is -2.36. The van der Waals surface area contributed by atoms with Crippen LogP contribution < -0.4 is 0 Å². The first-order chi connectivity index (χ1) is 14.3. The zero-order chi connectivity index (χ0) is 21.5. The first kappa shape index (κ1) is 20.7. The molecule has 4 rings (SSSR count). The summed E-state index contributed by atoms with van der Waals surface area (Å²) < 4.78 is 28.9. The fraction of sp³-hybridized carbons (Fsp3) is 0.500. The third-order valence-electron chi connectivity index (χ3n) is 5.94. The Labute approximate surface area is 174 Å². The third kappa shape index (κ3) is 4.01. The number of carbonyl (C=O) groups is 1. The number of hydrogen-bond donors (Lipinski definition) is 1. The fourth-order valence-electron chi connectivity index (χ4n) is 4.14. The van der Waals surface area contributed by atoms with Crippen LogP contribution in [0.3, 0.4) is 0 Å². The molecule has 3 heterocycles. The number of nitrogens with one attached hydrogen (secondary N) is 1. The maximum atomic E-state index is 13.6. The molecule has 6 nitrogen and oxygen atoms in total. The van der Waals surface area contributed by atoms with Gasteiger partial charge in [-0.1, -0.05) is 0 Å². The monoisotopic (exact) mass is 415 g/mol. The SMILES string of the molecule is Cc1c[nH]c2ncc(-c3cc(C(CC=O)CCN(C)C)n(C4CC(F)(F)C4)n3)cc12. The number of aryl methyl sites for hydroxylation is 1. The number of aromatic nitrogens is 4. The summed E-state index contributed by atoms with van der Waals surface area (Å²) in [5.41, 5.74) is 4.29. The predicted molar refractivity (Wildman–Crippen MR) is 112 cm³/mol. The van der Waals surface area contributed by atoms with Crippen molar-refractivity contribution in [2.45, 2.75) is 50.5 Å². The largest absolute Gasteiger partial charge is 0.346 e. The van der Waals surface area contributed by atoms with Gasteiger partial charge in [-0.3, -0.25) is 4.68 Å². The highest BCUT2D eigenvalue weighted by molar-refractivity contribution is 5.83. The minimum absolute atomic E-state index is 0.0638. The van der Waals surface area contributed by atoms with Gasteiger partial charge in [-0.2, -0.15) is 5.10 Å². The Kier molecular flexibility index (Phi) is 5.44. The lowest BCUT2D eigenvalue weighted by molar-refractivity contribution is -0.110. The quantitative estimate of drug-likeness (QED) is 0.556. The van der Waals surface area contributed by atoms with Crippen LogP contribution in [-0.2, 0) is 4.79 Å². The number of pyridine rings is 1. The predicted octanol–water partition coefficient (Wildman–Crippen LogP) is 4.33. The van der Waals surface area contributed by atoms with Crippen molar-refractivity contribution in [1.29, 1.82) is 0 Å². The van der Waals surface area contributed by atoms with Crippen molar-refractivity contribution in [3.05, 3.63) is 35.8 Å². The van der Waals surface area contributed by atoms with Gasteiger partial charge in [-0.15, -0.1) is 0 Å². The molecule has 3 aromatic heterocycles. The van der Waals surface area contributed by atoms with E-state index in [9.17, 15) is 13.6 Å². The van der Waals surface area contributed by atoms with Gasteiger partial charge in [0, 0.05) is 54.2 Å². The summed E-state index contributed by atoms with van der Waals surface area (Å²) >= 11 is 0. The summed E-state index contributed by atoms with van der Waals surface area (Å²) in [6.07, 6.45) is 5.24. The lowest BCUT2D eigenvalue weighted by atomic mass is 9.87. The van der Waals surface area contributed by atoms with Crippen LogP contribution in [0, 0.1) is 6.92 Å². The average Bonchev–Trinajstić information content (AvgIpc) is 3.27. The minimum Gasteiger partial charge on any atom is -0.346 e. The molecule has 0 aromatic carbocycles. The van der Waals surface area contributed by atoms with Crippen LogP contribution in [0.5, 0.6) is 0 Å². The third-order valence-corrected chi connectivity index (χ3v) is 5.94. The number of hydrogen-bond acceptors (Lipinski definition) is 4. The van der Waals surface area contributed by atoms with E-state index in [1.807, 2.05) is 39.3 Å². The fourth-order valence-corrected chi connectivity index (χ4v) is 4.14. The number of H-pyrrole nitrogens is 1. The van der Waals surface area contributed by atoms with E-state index in [4.69, 9.17) is 5.10 Å². The van der Waals surface area contributed by atoms with Gasteiger partial charge < -0.3 is 14.7 Å². The van der Waals surface area contributed by atoms with Gasteiger partial charge in [-0.05, 0) is 51.7 Å². The Morgan fingerprint density at radius 3 is 2.80 bits per heavy atom. The normalized spacial score (nSPS) is 17.4. The van der Waals surface area contributed by atoms with Crippen LogP contribution in [0.1, 0.15) is 48.9 Å². The Morgan fingerprint density at radius 1 is 1.37 bits per heavy atom. The van der Waals surface area contributed by atoms with Crippen molar-refractivity contribution < 1.29 is 13.6 Å². The Morgan fingerprint density at radius 2 is 2.13 bits per heavy atom. The molecule has 1 aliphatic carbocycles. The average molecular weight is 415 g/mol. The number of rotatable bonds is 8. The molecule has 1 fully saturated rings. The molecule has 1 aliphatic rings. The van der Waals surface area contributed by atoms with Crippen LogP contribution in [0.4, 0.5) is 8.78 Å². The van der Waals surface area contributed by atoms with Gasteiger partial charge in [0.1, 0.15) is 11.9 Å². The molecule has 0 radical (unpaired) electrons. The second-order valence-corrected chi connectivity index (χ2v) is 8.60. The minimum atomic E-state index is -2.64. The van der Waals surface area contributed by atoms with E-state index in [2.05, 4.69) is 14.9 Å². The van der Waals surface area contributed by atoms with Crippen LogP contribution in [-0.4, -0.2) is 57.5 Å². The van der Waals surface area contributed by atoms with Gasteiger partial charge in [0.15, 0.2) is 0 Å². The number of carbonyl (C=O) groups excluding carboxylic acids is 1. The van der Waals surface area contributed by atoms with Crippen LogP contribution in [0.25, 0.3) is 22.3 Å². The molecule has 0 saturated heterocycles. The van der Waals surface area contributed by atoms with Crippen molar-refractivity contribution in [3.8, 4) is 11.3 Å². The number of alkyl halides is 2. The first-order valence-electron chi connectivity index (χ1n) is 10.3. The highest BCUT2D eigenvalue weighted by atomic mass is 19.3. The summed E-state index contributed by atoms with van der Waals surface area (Å²) in [5.74, 6) is -2.70. The molecule has 0 amide bonds. The summed E-state index contributed by atoms with van der Waals surface area (Å²) in [6.45, 7) is 2.81. The van der Waals surface area contributed by atoms with E-state index < -0.39 is 5.92 Å². The molecule has 0 spiro atoms. The maximum absolute atomic E-state index is 13.6. The number of aromatic amines is 1. The van der Waals surface area contributed by atoms with Crippen molar-refractivity contribution in [1.82, 2.24) is 24.6 Å². The van der Waals surface area contributed by atoms with E-state index in [1.165, 1.54) is 0 Å². The highest BCUT2D eigenvalue weighted by Gasteiger charge is 2.47. The van der Waals surface area contributed by atoms with Gasteiger partial charge in [0.2, 0.25) is 0 Å². The van der Waals surface area contributed by atoms with Gasteiger partial charge in [0.05, 0.1) is 11.7 Å². The number of aldehydes is 1. The summed E-state index contributed by atoms with van der Waals surface area (Å²) in [4.78, 5) is 21.0. The summed E-state index contributed by atoms with van der Waals surface area (Å²) in [5, 5.41) is 5.73. The smallest absolute Gasteiger partial charge is 0.252 e. The molecule has 0 bridgehead atoms. The zero-order valence-electron chi connectivity index (χ0n) is 17.5. The standard InChI is InChI=1S/C22H27F2N5O/c1-14-12-25-21-18(14)8-16(13-26-21)19-9-20(15(5-7-30)4-6-28(2)3)29(27-19)17-10-22(23,24)11-17/h7-9,12-13,15,17H,4-6,10-11H2,1-3H3,(H,25,26). The van der Waals surface area contributed by atoms with E-state index in [-0.39, 0.29) is 24.8 Å². The van der Waals surface area contributed by atoms with Crippen molar-refractivity contribution >= 4 is 17.3 Å². The molecule has 30 heavy (non-hydrogen) atoms. The van der Waals surface area contributed by atoms with Gasteiger partial charge >= 0.3 is 0 Å². The maximum Gasteiger partial charge on any atom is 0.252 e. The van der Waals surface area contributed by atoms with Crippen molar-refractivity contribution in [2.75, 3.05) is 20.6 Å². The van der Waals surface area contributed by atoms with E-state index in [0.717, 1.165) is 47.1 Å². The summed E-state index contributed by atoms with van der Waals surface area (Å²) in [7, 11) is 3.96. The van der Waals surface area contributed by atoms with Crippen molar-refractivity contribution in [2.24, 2.45) is 0 Å². The Hall–Kier alpha value is -2.61. The van der Waals surface area contributed by atoms with E-state index in [1.54, 1.807) is 10.9 Å². The van der Waals surface area contributed by atoms with Crippen LogP contribution in [0.15, 0.2) is 24.5 Å². The number of nitrogens with zero attached hydrogens (tertiary/aromatic N) is 4. The summed E-state index contributed by atoms with van der Waals surface area (Å²) in [6, 6.07) is 3.63. The van der Waals surface area contributed by atoms with E-state index in [0.29, 0.717) is 12.1 Å². The van der Waals surface area contributed by atoms with Crippen LogP contribution in [0.2, 0.25) is 0 Å². The molecule has 1 saturated carbocycles. The number of halogens is 2. The molecule has 1 N–H and O–H groups in total. The molecular weight excluding hydrogens is 388 g/mol. The van der Waals surface area contributed by atoms with Crippen LogP contribution >= 0.6 is 0 Å². The highest BCUT2D eigenvalue weighted by Crippen LogP contribution is 2.47. The molecule has 8 heteroatoms. The number of fused-ring (bicyclic) bond motifs is 1. The van der Waals surface area contributed by atoms with E-state index >= 15 is 0 Å². The topological polar surface area (TPSA) is 66.8 Å². The second-order valence-electron chi connectivity index (χ2n) is 8.60. The lowest BCUT2D eigenvalue weighted by Crippen LogP contribution is -2.38. The Balaban J connectivity index is 1.74. The van der Waals surface area contributed by atoms with Crippen molar-refractivity contribution in [3.63, 3.8) is 0 Å². The molecule has 0 aliphatic heterocycles.